The topological polar surface area (TPSA) is 89.4 Å². The van der Waals surface area contributed by atoms with Crippen LogP contribution in [0.15, 0.2) is 77.5 Å². The van der Waals surface area contributed by atoms with Gasteiger partial charge in [-0.25, -0.2) is 15.0 Å². The lowest BCUT2D eigenvalue weighted by Crippen LogP contribution is -2.52. The van der Waals surface area contributed by atoms with E-state index >= 15 is 0 Å². The monoisotopic (exact) mass is 609 g/mol. The third-order valence-electron chi connectivity index (χ3n) is 8.91. The minimum atomic E-state index is -0.127. The molecule has 10 heteroatoms. The highest BCUT2D eigenvalue weighted by molar-refractivity contribution is 7.17. The summed E-state index contributed by atoms with van der Waals surface area (Å²) in [6.07, 6.45) is 9.11. The fourth-order valence-corrected chi connectivity index (χ4v) is 7.44. The number of fused-ring (bicyclic) bond motifs is 2. The highest BCUT2D eigenvalue weighted by Gasteiger charge is 2.43. The Balaban J connectivity index is 1.16. The number of carbonyl (C=O) groups is 1. The van der Waals surface area contributed by atoms with Crippen molar-refractivity contribution in [3.05, 3.63) is 83.5 Å². The van der Waals surface area contributed by atoms with Gasteiger partial charge in [-0.1, -0.05) is 30.4 Å². The van der Waals surface area contributed by atoms with Crippen molar-refractivity contribution in [1.29, 1.82) is 0 Å². The summed E-state index contributed by atoms with van der Waals surface area (Å²) in [5.41, 5.74) is 3.80. The van der Waals surface area contributed by atoms with E-state index in [1.165, 1.54) is 0 Å². The molecule has 4 aromatic rings. The largest absolute Gasteiger partial charge is 0.496 e. The molecule has 4 heterocycles. The Morgan fingerprint density at radius 2 is 1.70 bits per heavy atom. The van der Waals surface area contributed by atoms with E-state index in [9.17, 15) is 4.79 Å². The first-order valence-corrected chi connectivity index (χ1v) is 16.0. The van der Waals surface area contributed by atoms with E-state index in [4.69, 9.17) is 19.3 Å². The molecule has 0 saturated carbocycles. The molecule has 0 radical (unpaired) electrons. The number of para-hydroxylation sites is 1. The average Bonchev–Trinajstić information content (AvgIpc) is 3.57. The second-order valence-electron chi connectivity index (χ2n) is 11.3. The Bertz CT molecular complexity index is 1730. The Hall–Kier alpha value is -4.44. The normalized spacial score (nSPS) is 20.4. The molecule has 2 aromatic carbocycles. The highest BCUT2D eigenvalue weighted by Crippen LogP contribution is 2.39. The molecule has 2 atom stereocenters. The number of amides is 1. The number of hydrogen-bond donors (Lipinski definition) is 0. The Morgan fingerprint density at radius 1 is 0.909 bits per heavy atom. The predicted octanol–water partition coefficient (Wildman–Crippen LogP) is 6.09. The number of ether oxygens (including phenoxy) is 3. The van der Waals surface area contributed by atoms with Crippen LogP contribution < -0.4 is 19.1 Å². The van der Waals surface area contributed by atoms with Gasteiger partial charge in [0.15, 0.2) is 11.5 Å². The molecule has 9 nitrogen and oxygen atoms in total. The van der Waals surface area contributed by atoms with Gasteiger partial charge in [-0.2, -0.15) is 5.10 Å². The molecular weight excluding hydrogens is 574 g/mol. The van der Waals surface area contributed by atoms with E-state index < -0.39 is 0 Å². The van der Waals surface area contributed by atoms with Gasteiger partial charge in [0.1, 0.15) is 24.5 Å². The van der Waals surface area contributed by atoms with Crippen molar-refractivity contribution < 1.29 is 19.0 Å². The van der Waals surface area contributed by atoms with E-state index in [0.29, 0.717) is 18.1 Å². The van der Waals surface area contributed by atoms with Crippen LogP contribution in [0.2, 0.25) is 0 Å². The Labute approximate surface area is 260 Å². The van der Waals surface area contributed by atoms with Crippen LogP contribution in [0.5, 0.6) is 17.2 Å². The molecule has 7 rings (SSSR count). The summed E-state index contributed by atoms with van der Waals surface area (Å²) in [7, 11) is 3.30. The Morgan fingerprint density at radius 3 is 2.52 bits per heavy atom. The maximum absolute atomic E-state index is 13.9. The zero-order chi connectivity index (χ0) is 30.0. The minimum absolute atomic E-state index is 0.0208. The van der Waals surface area contributed by atoms with Crippen LogP contribution in [0.1, 0.15) is 36.8 Å². The number of hydrogen-bond acceptors (Lipinski definition) is 9. The smallest absolute Gasteiger partial charge is 0.247 e. The summed E-state index contributed by atoms with van der Waals surface area (Å²) in [5, 5.41) is 8.99. The predicted molar refractivity (Wildman–Crippen MR) is 172 cm³/mol. The quantitative estimate of drug-likeness (QED) is 0.224. The number of hydrazone groups is 1. The van der Waals surface area contributed by atoms with E-state index in [1.807, 2.05) is 48.5 Å². The summed E-state index contributed by atoms with van der Waals surface area (Å²) in [4.78, 5) is 25.2. The van der Waals surface area contributed by atoms with Crippen LogP contribution in [0.25, 0.3) is 10.2 Å². The van der Waals surface area contributed by atoms with Crippen molar-refractivity contribution >= 4 is 39.0 Å². The molecule has 1 saturated heterocycles. The number of rotatable bonds is 8. The van der Waals surface area contributed by atoms with E-state index in [0.717, 1.165) is 77.4 Å². The standard InChI is InChI=1S/C34H35N5O4S/c1-41-28-10-6-3-7-23(28)20-43-30-19-22(11-12-29(30)42-2)31-25-8-4-5-9-26(25)34(40)39(37-31)24-13-16-38(17-14-24)33-32-27(15-18-44-32)35-21-36-33/h3-7,10-12,15,18-19,21,24-26H,8-9,13-14,16-17,20H2,1-2H3/t25-,26-/m1/s1. The molecule has 2 aliphatic heterocycles. The van der Waals surface area contributed by atoms with E-state index in [1.54, 1.807) is 36.9 Å². The van der Waals surface area contributed by atoms with Crippen molar-refractivity contribution in [3.63, 3.8) is 0 Å². The summed E-state index contributed by atoms with van der Waals surface area (Å²) in [6.45, 7) is 1.94. The zero-order valence-corrected chi connectivity index (χ0v) is 25.7. The fourth-order valence-electron chi connectivity index (χ4n) is 6.58. The average molecular weight is 610 g/mol. The van der Waals surface area contributed by atoms with Crippen LogP contribution in [0.3, 0.4) is 0 Å². The summed E-state index contributed by atoms with van der Waals surface area (Å²) < 4.78 is 18.6. The lowest BCUT2D eigenvalue weighted by molar-refractivity contribution is -0.140. The molecule has 226 valence electrons. The van der Waals surface area contributed by atoms with Crippen LogP contribution >= 0.6 is 11.3 Å². The first-order chi connectivity index (χ1) is 21.6. The van der Waals surface area contributed by atoms with Crippen molar-refractivity contribution in [3.8, 4) is 17.2 Å². The van der Waals surface area contributed by atoms with Crippen molar-refractivity contribution in [1.82, 2.24) is 15.0 Å². The van der Waals surface area contributed by atoms with Gasteiger partial charge in [-0.15, -0.1) is 11.3 Å². The highest BCUT2D eigenvalue weighted by atomic mass is 32.1. The molecule has 0 spiro atoms. The van der Waals surface area contributed by atoms with Gasteiger partial charge in [0.25, 0.3) is 0 Å². The van der Waals surface area contributed by atoms with Crippen LogP contribution in [0, 0.1) is 11.8 Å². The van der Waals surface area contributed by atoms with Crippen molar-refractivity contribution in [2.24, 2.45) is 16.9 Å². The number of piperidine rings is 1. The number of benzene rings is 2. The summed E-state index contributed by atoms with van der Waals surface area (Å²) >= 11 is 1.67. The third kappa shape index (κ3) is 5.27. The SMILES string of the molecule is COc1ccccc1COc1cc(C2=NN(C3CCN(c4ncnc5ccsc45)CC3)C(=O)[C@@H]3CC=CC[C@@H]23)ccc1OC. The molecule has 1 fully saturated rings. The number of nitrogens with zero attached hydrogens (tertiary/aromatic N) is 5. The maximum atomic E-state index is 13.9. The number of carbonyl (C=O) groups excluding carboxylic acids is 1. The van der Waals surface area contributed by atoms with Crippen molar-refractivity contribution in [2.75, 3.05) is 32.2 Å². The summed E-state index contributed by atoms with van der Waals surface area (Å²) in [5.74, 6) is 3.05. The van der Waals surface area contributed by atoms with Gasteiger partial charge in [-0.05, 0) is 61.4 Å². The molecule has 3 aliphatic rings. The molecule has 0 unspecified atom stereocenters. The minimum Gasteiger partial charge on any atom is -0.496 e. The Kier molecular flexibility index (Phi) is 7.91. The molecule has 1 aliphatic carbocycles. The van der Waals surface area contributed by atoms with Crippen molar-refractivity contribution in [2.45, 2.75) is 38.3 Å². The number of allylic oxidation sites excluding steroid dienone is 2. The van der Waals surface area contributed by atoms with Gasteiger partial charge in [0.05, 0.1) is 42.1 Å². The number of anilines is 1. The summed E-state index contributed by atoms with van der Waals surface area (Å²) in [6, 6.07) is 15.8. The maximum Gasteiger partial charge on any atom is 0.247 e. The second kappa shape index (κ2) is 12.3. The van der Waals surface area contributed by atoms with Gasteiger partial charge in [0.2, 0.25) is 5.91 Å². The first-order valence-electron chi connectivity index (χ1n) is 15.1. The number of aromatic nitrogens is 2. The molecule has 1 amide bonds. The van der Waals surface area contributed by atoms with E-state index in [2.05, 4.69) is 32.4 Å². The number of thiophene rings is 1. The van der Waals surface area contributed by atoms with Crippen LogP contribution in [-0.2, 0) is 11.4 Å². The van der Waals surface area contributed by atoms with Gasteiger partial charge in [-0.3, -0.25) is 4.79 Å². The van der Waals surface area contributed by atoms with Gasteiger partial charge in [0, 0.05) is 30.1 Å². The van der Waals surface area contributed by atoms with Crippen LogP contribution in [-0.4, -0.2) is 59.9 Å². The molecular formula is C34H35N5O4S. The first kappa shape index (κ1) is 28.3. The zero-order valence-electron chi connectivity index (χ0n) is 24.9. The second-order valence-corrected chi connectivity index (χ2v) is 12.3. The number of methoxy groups -OCH3 is 2. The van der Waals surface area contributed by atoms with Gasteiger partial charge >= 0.3 is 0 Å². The molecule has 2 aromatic heterocycles. The van der Waals surface area contributed by atoms with Crippen LogP contribution in [0.4, 0.5) is 5.82 Å². The lowest BCUT2D eigenvalue weighted by atomic mass is 9.76. The molecule has 44 heavy (non-hydrogen) atoms. The fraction of sp³-hybridized carbons (Fsp3) is 0.353. The van der Waals surface area contributed by atoms with E-state index in [-0.39, 0.29) is 23.8 Å². The molecule has 0 N–H and O–H groups in total. The lowest BCUT2D eigenvalue weighted by Gasteiger charge is -2.42. The molecule has 0 bridgehead atoms. The third-order valence-corrected chi connectivity index (χ3v) is 9.81. The van der Waals surface area contributed by atoms with Gasteiger partial charge < -0.3 is 19.1 Å².